The van der Waals surface area contributed by atoms with Crippen LogP contribution in [0.4, 0.5) is 8.78 Å². The highest BCUT2D eigenvalue weighted by Gasteiger charge is 2.43. The Kier molecular flexibility index (Phi) is 9.36. The minimum atomic E-state index is -0.806. The number of hydrogen-bond acceptors (Lipinski definition) is 7. The van der Waals surface area contributed by atoms with Crippen molar-refractivity contribution < 1.29 is 27.6 Å². The Morgan fingerprint density at radius 1 is 1.02 bits per heavy atom. The normalized spacial score (nSPS) is 18.9. The van der Waals surface area contributed by atoms with E-state index in [1.807, 2.05) is 29.2 Å². The molecule has 3 heterocycles. The molecule has 3 aliphatic rings. The molecule has 1 N–H and O–H groups in total. The molecule has 1 aliphatic carbocycles. The summed E-state index contributed by atoms with van der Waals surface area (Å²) in [6.07, 6.45) is 2.33. The molecule has 2 aliphatic heterocycles. The molecule has 0 spiro atoms. The van der Waals surface area contributed by atoms with Crippen molar-refractivity contribution in [1.82, 2.24) is 25.3 Å². The van der Waals surface area contributed by atoms with E-state index in [1.165, 1.54) is 0 Å². The van der Waals surface area contributed by atoms with Crippen molar-refractivity contribution in [2.75, 3.05) is 13.1 Å². The molecular weight excluding hydrogens is 699 g/mol. The second-order valence-electron chi connectivity index (χ2n) is 12.4. The van der Waals surface area contributed by atoms with Gasteiger partial charge in [0.15, 0.2) is 6.61 Å². The van der Waals surface area contributed by atoms with E-state index in [1.54, 1.807) is 30.0 Å². The van der Waals surface area contributed by atoms with Crippen LogP contribution in [0.15, 0.2) is 64.7 Å². The van der Waals surface area contributed by atoms with Crippen molar-refractivity contribution in [3.63, 3.8) is 0 Å². The molecule has 14 heteroatoms. The largest absolute Gasteiger partial charge is 0.484 e. The van der Waals surface area contributed by atoms with Gasteiger partial charge in [0, 0.05) is 44.2 Å². The number of piperazine rings is 1. The lowest BCUT2D eigenvalue weighted by Gasteiger charge is -2.44. The molecule has 2 bridgehead atoms. The Hall–Kier alpha value is -4.03. The number of amides is 2. The van der Waals surface area contributed by atoms with Gasteiger partial charge in [0.1, 0.15) is 17.4 Å². The van der Waals surface area contributed by atoms with Gasteiger partial charge in [0.2, 0.25) is 11.7 Å². The fourth-order valence-electron chi connectivity index (χ4n) is 6.43. The number of nitrogens with one attached hydrogen (secondary N) is 1. The van der Waals surface area contributed by atoms with Crippen LogP contribution in [0, 0.1) is 11.6 Å². The Morgan fingerprint density at radius 2 is 1.78 bits per heavy atom. The lowest BCUT2D eigenvalue weighted by molar-refractivity contribution is -0.132. The summed E-state index contributed by atoms with van der Waals surface area (Å²) in [7, 11) is 0. The van der Waals surface area contributed by atoms with Crippen molar-refractivity contribution in [3.8, 4) is 17.1 Å². The zero-order valence-electron chi connectivity index (χ0n) is 26.2. The molecule has 1 aromatic heterocycles. The van der Waals surface area contributed by atoms with Crippen molar-refractivity contribution in [2.24, 2.45) is 0 Å². The van der Waals surface area contributed by atoms with Crippen LogP contribution in [0.25, 0.3) is 17.0 Å². The fraction of sp³-hybridized carbons (Fsp3) is 0.314. The SMILES string of the molecule is CC(=O)N1C[C@H]2CC(c3ccc(OCc4nc(-c5c(F)ccc(F)c5Cl)no4)cc3)=C(C(=O)N(Cc3cccc(Cl)c3Cl)C3CC3)[C@@H](C1)N2. The predicted molar refractivity (Wildman–Crippen MR) is 180 cm³/mol. The first-order chi connectivity index (χ1) is 23.6. The third-order valence-electron chi connectivity index (χ3n) is 9.00. The number of carbonyl (C=O) groups excluding carboxylic acids is 2. The summed E-state index contributed by atoms with van der Waals surface area (Å²) in [5.41, 5.74) is 2.87. The van der Waals surface area contributed by atoms with E-state index in [4.69, 9.17) is 44.1 Å². The van der Waals surface area contributed by atoms with Crippen LogP contribution in [-0.4, -0.2) is 63.0 Å². The third kappa shape index (κ3) is 6.90. The predicted octanol–water partition coefficient (Wildman–Crippen LogP) is 7.09. The van der Waals surface area contributed by atoms with E-state index in [0.29, 0.717) is 47.4 Å². The maximum atomic E-state index is 14.6. The van der Waals surface area contributed by atoms with Crippen LogP contribution in [-0.2, 0) is 22.7 Å². The maximum Gasteiger partial charge on any atom is 0.264 e. The third-order valence-corrected chi connectivity index (χ3v) is 10.2. The molecule has 1 saturated carbocycles. The van der Waals surface area contributed by atoms with E-state index >= 15 is 0 Å². The molecule has 0 unspecified atom stereocenters. The molecule has 1 saturated heterocycles. The van der Waals surface area contributed by atoms with E-state index in [0.717, 1.165) is 41.7 Å². The number of rotatable bonds is 9. The molecule has 4 aromatic rings. The zero-order chi connectivity index (χ0) is 34.4. The lowest BCUT2D eigenvalue weighted by atomic mass is 9.82. The summed E-state index contributed by atoms with van der Waals surface area (Å²) in [5.74, 6) is -1.40. The zero-order valence-corrected chi connectivity index (χ0v) is 28.5. The average molecular weight is 729 g/mol. The van der Waals surface area contributed by atoms with Crippen molar-refractivity contribution in [2.45, 2.75) is 57.5 Å². The van der Waals surface area contributed by atoms with Gasteiger partial charge in [0.05, 0.1) is 26.7 Å². The monoisotopic (exact) mass is 727 g/mol. The van der Waals surface area contributed by atoms with Gasteiger partial charge < -0.3 is 24.4 Å². The number of halogens is 5. The van der Waals surface area contributed by atoms with Crippen LogP contribution in [0.5, 0.6) is 5.75 Å². The number of ether oxygens (including phenoxy) is 1. The summed E-state index contributed by atoms with van der Waals surface area (Å²) in [6.45, 7) is 2.65. The minimum Gasteiger partial charge on any atom is -0.484 e. The standard InChI is InChI=1S/C35H30Cl3F2N5O4/c1-18(46)44-15-21-13-24(30(28(16-44)41-21)35(47)45(22-7-8-22)14-20-3-2-4-25(36)32(20)37)19-5-9-23(10-6-19)48-17-29-42-34(43-49-29)31-26(39)11-12-27(40)33(31)38/h2-6,9-12,21-22,28,41H,7-8,13-17H2,1H3/t21-,28-/m1/s1. The quantitative estimate of drug-likeness (QED) is 0.184. The maximum absolute atomic E-state index is 14.6. The Labute approximate surface area is 295 Å². The van der Waals surface area contributed by atoms with Crippen LogP contribution in [0.3, 0.4) is 0 Å². The number of aromatic nitrogens is 2. The first-order valence-electron chi connectivity index (χ1n) is 15.8. The van der Waals surface area contributed by atoms with Gasteiger partial charge in [-0.15, -0.1) is 0 Å². The highest BCUT2D eigenvalue weighted by atomic mass is 35.5. The Balaban J connectivity index is 1.15. The van der Waals surface area contributed by atoms with Gasteiger partial charge in [-0.1, -0.05) is 64.2 Å². The average Bonchev–Trinajstić information content (AvgIpc) is 3.83. The van der Waals surface area contributed by atoms with Gasteiger partial charge in [-0.3, -0.25) is 9.59 Å². The molecule has 254 valence electrons. The summed E-state index contributed by atoms with van der Waals surface area (Å²) in [4.78, 5) is 34.8. The van der Waals surface area contributed by atoms with E-state index in [9.17, 15) is 18.4 Å². The molecule has 7 rings (SSSR count). The summed E-state index contributed by atoms with van der Waals surface area (Å²) >= 11 is 18.8. The van der Waals surface area contributed by atoms with Gasteiger partial charge in [0.25, 0.3) is 11.8 Å². The first kappa shape index (κ1) is 33.5. The molecule has 3 aromatic carbocycles. The number of fused-ring (bicyclic) bond motifs is 2. The fourth-order valence-corrected chi connectivity index (χ4v) is 7.05. The molecule has 49 heavy (non-hydrogen) atoms. The van der Waals surface area contributed by atoms with Gasteiger partial charge in [-0.05, 0) is 66.3 Å². The molecule has 9 nitrogen and oxygen atoms in total. The summed E-state index contributed by atoms with van der Waals surface area (Å²) in [5, 5.41) is 7.74. The molecule has 2 fully saturated rings. The van der Waals surface area contributed by atoms with Crippen LogP contribution >= 0.6 is 34.8 Å². The van der Waals surface area contributed by atoms with Crippen molar-refractivity contribution in [3.05, 3.63) is 104 Å². The molecule has 2 atom stereocenters. The Morgan fingerprint density at radius 3 is 2.51 bits per heavy atom. The topological polar surface area (TPSA) is 101 Å². The van der Waals surface area contributed by atoms with E-state index < -0.39 is 16.7 Å². The smallest absolute Gasteiger partial charge is 0.264 e. The second-order valence-corrected chi connectivity index (χ2v) is 13.5. The van der Waals surface area contributed by atoms with Crippen molar-refractivity contribution >= 4 is 52.2 Å². The molecular formula is C35H30Cl3F2N5O4. The highest BCUT2D eigenvalue weighted by molar-refractivity contribution is 6.42. The lowest BCUT2D eigenvalue weighted by Crippen LogP contribution is -2.61. The van der Waals surface area contributed by atoms with Gasteiger partial charge in [-0.25, -0.2) is 8.78 Å². The molecule has 0 radical (unpaired) electrons. The number of hydrogen-bond donors (Lipinski definition) is 1. The highest BCUT2D eigenvalue weighted by Crippen LogP contribution is 2.39. The van der Waals surface area contributed by atoms with Crippen LogP contribution < -0.4 is 10.1 Å². The second kappa shape index (κ2) is 13.7. The summed E-state index contributed by atoms with van der Waals surface area (Å²) < 4.78 is 39.3. The number of carbonyl (C=O) groups is 2. The number of nitrogens with zero attached hydrogens (tertiary/aromatic N) is 4. The van der Waals surface area contributed by atoms with Gasteiger partial charge in [-0.2, -0.15) is 4.98 Å². The Bertz CT molecular complexity index is 1970. The van der Waals surface area contributed by atoms with E-state index in [-0.39, 0.29) is 53.8 Å². The van der Waals surface area contributed by atoms with Crippen molar-refractivity contribution in [1.29, 1.82) is 0 Å². The summed E-state index contributed by atoms with van der Waals surface area (Å²) in [6, 6.07) is 14.3. The van der Waals surface area contributed by atoms with Crippen LogP contribution in [0.1, 0.15) is 43.2 Å². The van der Waals surface area contributed by atoms with E-state index in [2.05, 4.69) is 15.5 Å². The minimum absolute atomic E-state index is 0.0231. The molecule has 2 amide bonds. The first-order valence-corrected chi connectivity index (χ1v) is 16.9. The van der Waals surface area contributed by atoms with Crippen LogP contribution in [0.2, 0.25) is 15.1 Å². The van der Waals surface area contributed by atoms with Gasteiger partial charge >= 0.3 is 0 Å². The number of benzene rings is 3.